The van der Waals surface area contributed by atoms with E-state index in [0.29, 0.717) is 23.2 Å². The molecule has 2 rings (SSSR count). The fraction of sp³-hybridized carbons (Fsp3) is 0.438. The lowest BCUT2D eigenvalue weighted by Gasteiger charge is -2.10. The second kappa shape index (κ2) is 6.58. The summed E-state index contributed by atoms with van der Waals surface area (Å²) < 4.78 is 15.7. The van der Waals surface area contributed by atoms with Crippen LogP contribution in [0.2, 0.25) is 5.02 Å². The third-order valence-corrected chi connectivity index (χ3v) is 3.94. The minimum Gasteiger partial charge on any atom is -0.310 e. The highest BCUT2D eigenvalue weighted by Crippen LogP contribution is 2.22. The van der Waals surface area contributed by atoms with Crippen LogP contribution in [-0.2, 0) is 13.1 Å². The molecule has 0 saturated heterocycles. The van der Waals surface area contributed by atoms with E-state index in [1.165, 1.54) is 6.07 Å². The molecule has 0 spiro atoms. The van der Waals surface area contributed by atoms with E-state index in [-0.39, 0.29) is 5.82 Å². The largest absolute Gasteiger partial charge is 0.310 e. The van der Waals surface area contributed by atoms with E-state index < -0.39 is 0 Å². The molecule has 114 valence electrons. The highest BCUT2D eigenvalue weighted by atomic mass is 35.5. The summed E-state index contributed by atoms with van der Waals surface area (Å²) in [6, 6.07) is 5.15. The zero-order valence-corrected chi connectivity index (χ0v) is 13.6. The number of nitrogens with one attached hydrogen (secondary N) is 1. The van der Waals surface area contributed by atoms with Crippen LogP contribution < -0.4 is 5.32 Å². The summed E-state index contributed by atoms with van der Waals surface area (Å²) in [7, 11) is 0. The molecule has 2 aromatic rings. The molecular formula is C16H21ClFN3. The highest BCUT2D eigenvalue weighted by Gasteiger charge is 2.14. The second-order valence-electron chi connectivity index (χ2n) is 5.54. The van der Waals surface area contributed by atoms with Crippen LogP contribution in [0.4, 0.5) is 4.39 Å². The molecule has 0 saturated carbocycles. The summed E-state index contributed by atoms with van der Waals surface area (Å²) in [5.41, 5.74) is 3.65. The minimum atomic E-state index is -0.295. The molecule has 0 amide bonds. The van der Waals surface area contributed by atoms with Gasteiger partial charge in [0.2, 0.25) is 0 Å². The SMILES string of the molecule is Cc1nn(Cc2c(F)cccc2Cl)c(C)c1CNC(C)C. The lowest BCUT2D eigenvalue weighted by atomic mass is 10.1. The molecule has 5 heteroatoms. The Labute approximate surface area is 130 Å². The van der Waals surface area contributed by atoms with Crippen LogP contribution in [0, 0.1) is 19.7 Å². The third kappa shape index (κ3) is 3.63. The monoisotopic (exact) mass is 309 g/mol. The van der Waals surface area contributed by atoms with Gasteiger partial charge in [-0.15, -0.1) is 0 Å². The van der Waals surface area contributed by atoms with Crippen molar-refractivity contribution in [2.75, 3.05) is 0 Å². The molecule has 0 aliphatic rings. The van der Waals surface area contributed by atoms with Gasteiger partial charge in [0.15, 0.2) is 0 Å². The van der Waals surface area contributed by atoms with Gasteiger partial charge in [0.1, 0.15) is 5.82 Å². The lowest BCUT2D eigenvalue weighted by Crippen LogP contribution is -2.22. The molecule has 0 aliphatic carbocycles. The average molecular weight is 310 g/mol. The van der Waals surface area contributed by atoms with E-state index in [0.717, 1.165) is 23.5 Å². The maximum Gasteiger partial charge on any atom is 0.129 e. The number of aryl methyl sites for hydroxylation is 1. The first-order valence-corrected chi connectivity index (χ1v) is 7.47. The van der Waals surface area contributed by atoms with Crippen molar-refractivity contribution >= 4 is 11.6 Å². The van der Waals surface area contributed by atoms with Gasteiger partial charge in [0, 0.05) is 34.4 Å². The van der Waals surface area contributed by atoms with E-state index in [1.807, 2.05) is 18.5 Å². The van der Waals surface area contributed by atoms with Gasteiger partial charge >= 0.3 is 0 Å². The highest BCUT2D eigenvalue weighted by molar-refractivity contribution is 6.31. The van der Waals surface area contributed by atoms with Crippen LogP contribution in [0.3, 0.4) is 0 Å². The Morgan fingerprint density at radius 2 is 2.00 bits per heavy atom. The predicted octanol–water partition coefficient (Wildman–Crippen LogP) is 3.84. The van der Waals surface area contributed by atoms with Crippen molar-refractivity contribution in [3.63, 3.8) is 0 Å². The van der Waals surface area contributed by atoms with Crippen LogP contribution in [0.1, 0.15) is 36.4 Å². The van der Waals surface area contributed by atoms with Crippen LogP contribution in [-0.4, -0.2) is 15.8 Å². The zero-order chi connectivity index (χ0) is 15.6. The Balaban J connectivity index is 2.27. The van der Waals surface area contributed by atoms with Crippen LogP contribution in [0.15, 0.2) is 18.2 Å². The molecule has 1 aromatic heterocycles. The first-order chi connectivity index (χ1) is 9.90. The van der Waals surface area contributed by atoms with Crippen LogP contribution in [0.5, 0.6) is 0 Å². The van der Waals surface area contributed by atoms with E-state index >= 15 is 0 Å². The zero-order valence-electron chi connectivity index (χ0n) is 12.9. The van der Waals surface area contributed by atoms with Gasteiger partial charge in [-0.2, -0.15) is 5.10 Å². The summed E-state index contributed by atoms with van der Waals surface area (Å²) in [5.74, 6) is -0.295. The Bertz CT molecular complexity index is 614. The van der Waals surface area contributed by atoms with Gasteiger partial charge in [-0.1, -0.05) is 31.5 Å². The summed E-state index contributed by atoms with van der Waals surface area (Å²) >= 11 is 6.09. The predicted molar refractivity (Wildman–Crippen MR) is 84.2 cm³/mol. The number of hydrogen-bond donors (Lipinski definition) is 1. The molecule has 0 radical (unpaired) electrons. The van der Waals surface area contributed by atoms with Gasteiger partial charge < -0.3 is 5.32 Å². The Kier molecular flexibility index (Phi) is 5.01. The Morgan fingerprint density at radius 1 is 1.29 bits per heavy atom. The van der Waals surface area contributed by atoms with Gasteiger partial charge in [0.25, 0.3) is 0 Å². The van der Waals surface area contributed by atoms with Crippen LogP contribution >= 0.6 is 11.6 Å². The van der Waals surface area contributed by atoms with Crippen molar-refractivity contribution in [1.29, 1.82) is 0 Å². The molecule has 0 unspecified atom stereocenters. The number of rotatable bonds is 5. The fourth-order valence-electron chi connectivity index (χ4n) is 2.28. The van der Waals surface area contributed by atoms with Crippen molar-refractivity contribution in [2.45, 2.75) is 46.8 Å². The maximum absolute atomic E-state index is 13.9. The van der Waals surface area contributed by atoms with E-state index in [4.69, 9.17) is 11.6 Å². The number of benzene rings is 1. The number of halogens is 2. The second-order valence-corrected chi connectivity index (χ2v) is 5.95. The standard InChI is InChI=1S/C16H21ClFN3/c1-10(2)19-8-13-11(3)20-21(12(13)4)9-14-15(17)6-5-7-16(14)18/h5-7,10,19H,8-9H2,1-4H3. The quantitative estimate of drug-likeness (QED) is 0.909. The van der Waals surface area contributed by atoms with Gasteiger partial charge in [-0.05, 0) is 26.0 Å². The first kappa shape index (κ1) is 16.0. The topological polar surface area (TPSA) is 29.9 Å². The summed E-state index contributed by atoms with van der Waals surface area (Å²) in [6.07, 6.45) is 0. The van der Waals surface area contributed by atoms with E-state index in [9.17, 15) is 4.39 Å². The summed E-state index contributed by atoms with van der Waals surface area (Å²) in [4.78, 5) is 0. The molecule has 0 fully saturated rings. The number of aromatic nitrogens is 2. The van der Waals surface area contributed by atoms with E-state index in [2.05, 4.69) is 24.3 Å². The lowest BCUT2D eigenvalue weighted by molar-refractivity contribution is 0.574. The van der Waals surface area contributed by atoms with Crippen molar-refractivity contribution in [1.82, 2.24) is 15.1 Å². The molecule has 21 heavy (non-hydrogen) atoms. The number of hydrogen-bond acceptors (Lipinski definition) is 2. The molecule has 0 atom stereocenters. The van der Waals surface area contributed by atoms with E-state index in [1.54, 1.807) is 12.1 Å². The molecule has 0 bridgehead atoms. The van der Waals surface area contributed by atoms with Crippen molar-refractivity contribution in [2.24, 2.45) is 0 Å². The Morgan fingerprint density at radius 3 is 2.62 bits per heavy atom. The maximum atomic E-state index is 13.9. The van der Waals surface area contributed by atoms with Gasteiger partial charge in [0.05, 0.1) is 12.2 Å². The smallest absolute Gasteiger partial charge is 0.129 e. The molecule has 0 aliphatic heterocycles. The average Bonchev–Trinajstić information content (AvgIpc) is 2.67. The van der Waals surface area contributed by atoms with Crippen molar-refractivity contribution < 1.29 is 4.39 Å². The molecule has 3 nitrogen and oxygen atoms in total. The van der Waals surface area contributed by atoms with Crippen molar-refractivity contribution in [3.8, 4) is 0 Å². The van der Waals surface area contributed by atoms with Gasteiger partial charge in [-0.3, -0.25) is 4.68 Å². The molecular weight excluding hydrogens is 289 g/mol. The van der Waals surface area contributed by atoms with Gasteiger partial charge in [-0.25, -0.2) is 4.39 Å². The fourth-order valence-corrected chi connectivity index (χ4v) is 2.51. The summed E-state index contributed by atoms with van der Waals surface area (Å²) in [5, 5.41) is 8.34. The number of nitrogens with zero attached hydrogens (tertiary/aromatic N) is 2. The molecule has 1 heterocycles. The molecule has 1 aromatic carbocycles. The first-order valence-electron chi connectivity index (χ1n) is 7.09. The normalized spacial score (nSPS) is 11.4. The minimum absolute atomic E-state index is 0.295. The Hall–Kier alpha value is -1.39. The third-order valence-electron chi connectivity index (χ3n) is 3.59. The van der Waals surface area contributed by atoms with Crippen LogP contribution in [0.25, 0.3) is 0 Å². The summed E-state index contributed by atoms with van der Waals surface area (Å²) in [6.45, 7) is 9.30. The van der Waals surface area contributed by atoms with Crippen molar-refractivity contribution in [3.05, 3.63) is 51.6 Å². The molecule has 1 N–H and O–H groups in total.